The largest absolute Gasteiger partial charge is 0.321 e. The second-order valence-electron chi connectivity index (χ2n) is 4.18. The van der Waals surface area contributed by atoms with Crippen molar-refractivity contribution in [2.45, 2.75) is 24.8 Å². The number of rotatable bonds is 1. The van der Waals surface area contributed by atoms with E-state index in [2.05, 4.69) is 28.4 Å². The van der Waals surface area contributed by atoms with Crippen molar-refractivity contribution in [2.24, 2.45) is 5.73 Å². The van der Waals surface area contributed by atoms with Crippen LogP contribution in [0.5, 0.6) is 0 Å². The van der Waals surface area contributed by atoms with Gasteiger partial charge in [-0.1, -0.05) is 12.1 Å². The molecule has 2 aromatic rings. The van der Waals surface area contributed by atoms with Gasteiger partial charge in [0.1, 0.15) is 0 Å². The van der Waals surface area contributed by atoms with E-state index in [0.717, 1.165) is 23.7 Å². The summed E-state index contributed by atoms with van der Waals surface area (Å²) in [5.41, 5.74) is 8.50. The van der Waals surface area contributed by atoms with Crippen LogP contribution in [-0.2, 0) is 5.54 Å². The van der Waals surface area contributed by atoms with E-state index in [1.807, 2.05) is 6.20 Å². The van der Waals surface area contributed by atoms with E-state index in [1.165, 1.54) is 12.0 Å². The van der Waals surface area contributed by atoms with Crippen molar-refractivity contribution < 1.29 is 0 Å². The van der Waals surface area contributed by atoms with Gasteiger partial charge in [0.15, 0.2) is 0 Å². The first-order valence-electron chi connectivity index (χ1n) is 5.00. The van der Waals surface area contributed by atoms with Gasteiger partial charge < -0.3 is 5.73 Å². The molecule has 3 N–H and O–H groups in total. The number of benzene rings is 1. The lowest BCUT2D eigenvalue weighted by molar-refractivity contribution is 0.254. The van der Waals surface area contributed by atoms with E-state index in [9.17, 15) is 0 Å². The van der Waals surface area contributed by atoms with Crippen LogP contribution in [0, 0.1) is 0 Å². The van der Waals surface area contributed by atoms with Gasteiger partial charge in [0.2, 0.25) is 0 Å². The minimum atomic E-state index is -0.0701. The van der Waals surface area contributed by atoms with Crippen LogP contribution in [0.25, 0.3) is 10.9 Å². The Kier molecular flexibility index (Phi) is 1.47. The summed E-state index contributed by atoms with van der Waals surface area (Å²) in [7, 11) is 0. The number of aromatic amines is 1. The first-order chi connectivity index (χ1) is 6.78. The van der Waals surface area contributed by atoms with Crippen LogP contribution in [0.2, 0.25) is 0 Å². The molecule has 3 rings (SSSR count). The fourth-order valence-corrected chi connectivity index (χ4v) is 2.09. The van der Waals surface area contributed by atoms with E-state index in [4.69, 9.17) is 5.73 Å². The highest BCUT2D eigenvalue weighted by Gasteiger charge is 2.34. The maximum atomic E-state index is 6.25. The Bertz CT molecular complexity index is 468. The Morgan fingerprint density at radius 1 is 1.36 bits per heavy atom. The summed E-state index contributed by atoms with van der Waals surface area (Å²) in [5, 5.41) is 8.13. The van der Waals surface area contributed by atoms with Crippen molar-refractivity contribution in [3.8, 4) is 0 Å². The lowest BCUT2D eigenvalue weighted by atomic mass is 9.73. The average Bonchev–Trinajstić information content (AvgIpc) is 2.60. The third-order valence-corrected chi connectivity index (χ3v) is 3.26. The molecular weight excluding hydrogens is 174 g/mol. The molecule has 0 bridgehead atoms. The van der Waals surface area contributed by atoms with Crippen LogP contribution in [0.1, 0.15) is 24.8 Å². The van der Waals surface area contributed by atoms with Gasteiger partial charge in [-0.3, -0.25) is 5.10 Å². The Balaban J connectivity index is 2.13. The molecule has 3 nitrogen and oxygen atoms in total. The number of nitrogens with zero attached hydrogens (tertiary/aromatic N) is 1. The molecule has 3 heteroatoms. The third-order valence-electron chi connectivity index (χ3n) is 3.26. The van der Waals surface area contributed by atoms with Crippen molar-refractivity contribution in [2.75, 3.05) is 0 Å². The molecular formula is C11H13N3. The molecule has 1 saturated carbocycles. The highest BCUT2D eigenvalue weighted by Crippen LogP contribution is 2.39. The molecule has 1 heterocycles. The molecule has 0 atom stereocenters. The Hall–Kier alpha value is -1.35. The molecule has 1 aliphatic rings. The predicted molar refractivity (Wildman–Crippen MR) is 55.8 cm³/mol. The molecule has 0 unspecified atom stereocenters. The van der Waals surface area contributed by atoms with Crippen LogP contribution < -0.4 is 5.73 Å². The third kappa shape index (κ3) is 0.990. The maximum absolute atomic E-state index is 6.25. The smallest absolute Gasteiger partial charge is 0.0653 e. The van der Waals surface area contributed by atoms with Crippen molar-refractivity contribution in [1.29, 1.82) is 0 Å². The SMILES string of the molecule is NC1(c2ccc3cn[nH]c3c2)CCC1. The number of hydrogen-bond acceptors (Lipinski definition) is 2. The number of H-pyrrole nitrogens is 1. The van der Waals surface area contributed by atoms with Gasteiger partial charge in [0, 0.05) is 10.9 Å². The van der Waals surface area contributed by atoms with Gasteiger partial charge in [-0.05, 0) is 30.9 Å². The van der Waals surface area contributed by atoms with Gasteiger partial charge in [-0.2, -0.15) is 5.10 Å². The fourth-order valence-electron chi connectivity index (χ4n) is 2.09. The van der Waals surface area contributed by atoms with Gasteiger partial charge in [0.05, 0.1) is 11.7 Å². The van der Waals surface area contributed by atoms with E-state index >= 15 is 0 Å². The molecule has 1 aliphatic carbocycles. The van der Waals surface area contributed by atoms with Gasteiger partial charge in [-0.15, -0.1) is 0 Å². The molecule has 72 valence electrons. The highest BCUT2D eigenvalue weighted by atomic mass is 15.1. The van der Waals surface area contributed by atoms with Crippen LogP contribution in [0.3, 0.4) is 0 Å². The first-order valence-corrected chi connectivity index (χ1v) is 5.00. The van der Waals surface area contributed by atoms with Crippen LogP contribution in [0.4, 0.5) is 0 Å². The van der Waals surface area contributed by atoms with E-state index < -0.39 is 0 Å². The molecule has 14 heavy (non-hydrogen) atoms. The molecule has 0 spiro atoms. The lowest BCUT2D eigenvalue weighted by Crippen LogP contribution is -2.43. The summed E-state index contributed by atoms with van der Waals surface area (Å²) in [6, 6.07) is 6.33. The molecule has 1 aromatic heterocycles. The molecule has 0 radical (unpaired) electrons. The zero-order valence-electron chi connectivity index (χ0n) is 7.96. The molecule has 0 saturated heterocycles. The predicted octanol–water partition coefficient (Wildman–Crippen LogP) is 1.90. The zero-order valence-corrected chi connectivity index (χ0v) is 7.96. The minimum absolute atomic E-state index is 0.0701. The van der Waals surface area contributed by atoms with Gasteiger partial charge in [-0.25, -0.2) is 0 Å². The Morgan fingerprint density at radius 3 is 2.93 bits per heavy atom. The van der Waals surface area contributed by atoms with Crippen molar-refractivity contribution in [3.63, 3.8) is 0 Å². The standard InChI is InChI=1S/C11H13N3/c12-11(4-1-5-11)9-3-2-8-7-13-14-10(8)6-9/h2-3,6-7H,1,4-5,12H2,(H,13,14). The summed E-state index contributed by atoms with van der Waals surface area (Å²) in [5.74, 6) is 0. The molecule has 0 aliphatic heterocycles. The van der Waals surface area contributed by atoms with E-state index in [-0.39, 0.29) is 5.54 Å². The number of aromatic nitrogens is 2. The average molecular weight is 187 g/mol. The summed E-state index contributed by atoms with van der Waals surface area (Å²) < 4.78 is 0. The van der Waals surface area contributed by atoms with Crippen LogP contribution in [0.15, 0.2) is 24.4 Å². The van der Waals surface area contributed by atoms with Crippen molar-refractivity contribution >= 4 is 10.9 Å². The molecule has 1 fully saturated rings. The zero-order chi connectivity index (χ0) is 9.60. The second-order valence-corrected chi connectivity index (χ2v) is 4.18. The number of hydrogen-bond donors (Lipinski definition) is 2. The Morgan fingerprint density at radius 2 is 2.21 bits per heavy atom. The number of fused-ring (bicyclic) bond motifs is 1. The van der Waals surface area contributed by atoms with Crippen molar-refractivity contribution in [1.82, 2.24) is 10.2 Å². The van der Waals surface area contributed by atoms with Gasteiger partial charge >= 0.3 is 0 Å². The van der Waals surface area contributed by atoms with E-state index in [0.29, 0.717) is 0 Å². The topological polar surface area (TPSA) is 54.7 Å². The monoisotopic (exact) mass is 187 g/mol. The second kappa shape index (κ2) is 2.58. The van der Waals surface area contributed by atoms with E-state index in [1.54, 1.807) is 0 Å². The maximum Gasteiger partial charge on any atom is 0.0653 e. The minimum Gasteiger partial charge on any atom is -0.321 e. The fraction of sp³-hybridized carbons (Fsp3) is 0.364. The highest BCUT2D eigenvalue weighted by molar-refractivity contribution is 5.78. The Labute approximate surface area is 82.3 Å². The quantitative estimate of drug-likeness (QED) is 0.716. The summed E-state index contributed by atoms with van der Waals surface area (Å²) >= 11 is 0. The number of nitrogens with one attached hydrogen (secondary N) is 1. The number of nitrogens with two attached hydrogens (primary N) is 1. The first kappa shape index (κ1) is 8.00. The van der Waals surface area contributed by atoms with Crippen LogP contribution >= 0.6 is 0 Å². The molecule has 0 amide bonds. The summed E-state index contributed by atoms with van der Waals surface area (Å²) in [6.07, 6.45) is 5.29. The molecule has 1 aromatic carbocycles. The lowest BCUT2D eigenvalue weighted by Gasteiger charge is -2.38. The normalized spacial score (nSPS) is 19.5. The van der Waals surface area contributed by atoms with Crippen molar-refractivity contribution in [3.05, 3.63) is 30.0 Å². The van der Waals surface area contributed by atoms with Crippen LogP contribution in [-0.4, -0.2) is 10.2 Å². The summed E-state index contributed by atoms with van der Waals surface area (Å²) in [4.78, 5) is 0. The van der Waals surface area contributed by atoms with Gasteiger partial charge in [0.25, 0.3) is 0 Å². The summed E-state index contributed by atoms with van der Waals surface area (Å²) in [6.45, 7) is 0.